The van der Waals surface area contributed by atoms with Crippen LogP contribution in [0.5, 0.6) is 0 Å². The molecule has 0 atom stereocenters. The molecule has 0 fully saturated rings. The Kier molecular flexibility index (Phi) is 8.32. The zero-order valence-electron chi connectivity index (χ0n) is 20.8. The van der Waals surface area contributed by atoms with Crippen LogP contribution in [-0.2, 0) is 16.4 Å². The average molecular weight is 591 g/mol. The number of sulfonamides is 1. The van der Waals surface area contributed by atoms with Gasteiger partial charge in [0.25, 0.3) is 15.9 Å². The van der Waals surface area contributed by atoms with Gasteiger partial charge in [0.15, 0.2) is 0 Å². The maximum atomic E-state index is 13.0. The van der Waals surface area contributed by atoms with E-state index in [1.807, 2.05) is 42.0 Å². The molecule has 0 bridgehead atoms. The van der Waals surface area contributed by atoms with Gasteiger partial charge in [-0.15, -0.1) is 11.3 Å². The minimum absolute atomic E-state index is 0.0180. The molecule has 0 saturated carbocycles. The lowest BCUT2D eigenvalue weighted by Gasteiger charge is -2.12. The van der Waals surface area contributed by atoms with Gasteiger partial charge in [-0.3, -0.25) is 4.79 Å². The summed E-state index contributed by atoms with van der Waals surface area (Å²) in [5.41, 5.74) is 3.43. The van der Waals surface area contributed by atoms with Crippen molar-refractivity contribution in [1.82, 2.24) is 14.9 Å². The molecule has 2 N–H and O–H groups in total. The Labute approximate surface area is 235 Å². The number of amides is 3. The molecule has 0 unspecified atom stereocenters. The second kappa shape index (κ2) is 11.3. The standard InChI is InChI=1S/C27H25Cl2N3O4S2/c1-16-4-10-20(11-5-16)38(35,36)31-27(34)30-13-12-17-6-8-18(9-7-17)23-21-14-19(28)15-22(29)24(21)37-25(23)26(33)32(2)3/h4-11,14-15H,12-13H2,1-3H3,(H2,30,31,34). The van der Waals surface area contributed by atoms with Crippen molar-refractivity contribution in [1.29, 1.82) is 0 Å². The number of hydrogen-bond donors (Lipinski definition) is 2. The van der Waals surface area contributed by atoms with Crippen LogP contribution >= 0.6 is 34.5 Å². The van der Waals surface area contributed by atoms with Crippen LogP contribution < -0.4 is 10.0 Å². The Bertz CT molecular complexity index is 1620. The van der Waals surface area contributed by atoms with Gasteiger partial charge >= 0.3 is 6.03 Å². The molecule has 4 rings (SSSR count). The van der Waals surface area contributed by atoms with E-state index < -0.39 is 16.1 Å². The minimum Gasteiger partial charge on any atom is -0.344 e. The number of rotatable bonds is 7. The van der Waals surface area contributed by atoms with Crippen molar-refractivity contribution >= 4 is 66.6 Å². The molecule has 0 radical (unpaired) electrons. The largest absolute Gasteiger partial charge is 0.344 e. The maximum Gasteiger partial charge on any atom is 0.328 e. The van der Waals surface area contributed by atoms with Gasteiger partial charge in [0.05, 0.1) is 14.6 Å². The lowest BCUT2D eigenvalue weighted by Crippen LogP contribution is -2.40. The smallest absolute Gasteiger partial charge is 0.328 e. The maximum absolute atomic E-state index is 13.0. The van der Waals surface area contributed by atoms with Crippen LogP contribution in [0.4, 0.5) is 4.79 Å². The third kappa shape index (κ3) is 6.13. The van der Waals surface area contributed by atoms with Crippen LogP contribution in [-0.4, -0.2) is 45.9 Å². The fourth-order valence-corrected chi connectivity index (χ4v) is 6.63. The number of hydrogen-bond acceptors (Lipinski definition) is 5. The monoisotopic (exact) mass is 589 g/mol. The molecule has 0 aliphatic rings. The van der Waals surface area contributed by atoms with Crippen LogP contribution in [0, 0.1) is 6.92 Å². The molecular formula is C27H25Cl2N3O4S2. The van der Waals surface area contributed by atoms with Gasteiger partial charge in [0, 0.05) is 36.6 Å². The van der Waals surface area contributed by atoms with Crippen LogP contribution in [0.1, 0.15) is 20.8 Å². The van der Waals surface area contributed by atoms with Gasteiger partial charge < -0.3 is 10.2 Å². The number of nitrogens with zero attached hydrogens (tertiary/aromatic N) is 1. The van der Waals surface area contributed by atoms with Crippen LogP contribution in [0.3, 0.4) is 0 Å². The first kappa shape index (κ1) is 27.9. The Balaban J connectivity index is 1.47. The molecule has 1 heterocycles. The third-order valence-corrected chi connectivity index (χ3v) is 9.01. The fraction of sp³-hybridized carbons (Fsp3) is 0.185. The first-order chi connectivity index (χ1) is 18.0. The van der Waals surface area contributed by atoms with E-state index in [0.29, 0.717) is 21.3 Å². The summed E-state index contributed by atoms with van der Waals surface area (Å²) in [4.78, 5) is 27.2. The Morgan fingerprint density at radius 3 is 2.26 bits per heavy atom. The van der Waals surface area contributed by atoms with Crippen molar-refractivity contribution in [2.24, 2.45) is 0 Å². The Hall–Kier alpha value is -3.11. The molecule has 3 amide bonds. The highest BCUT2D eigenvalue weighted by Gasteiger charge is 2.23. The van der Waals surface area contributed by atoms with E-state index in [4.69, 9.17) is 23.2 Å². The van der Waals surface area contributed by atoms with E-state index in [1.165, 1.54) is 28.4 Å². The van der Waals surface area contributed by atoms with E-state index in [-0.39, 0.29) is 17.3 Å². The van der Waals surface area contributed by atoms with Crippen molar-refractivity contribution in [2.75, 3.05) is 20.6 Å². The number of carbonyl (C=O) groups is 2. The summed E-state index contributed by atoms with van der Waals surface area (Å²) in [7, 11) is -0.559. The Morgan fingerprint density at radius 2 is 1.63 bits per heavy atom. The topological polar surface area (TPSA) is 95.6 Å². The molecule has 7 nitrogen and oxygen atoms in total. The predicted molar refractivity (Wildman–Crippen MR) is 154 cm³/mol. The molecule has 1 aromatic heterocycles. The highest BCUT2D eigenvalue weighted by molar-refractivity contribution is 7.90. The van der Waals surface area contributed by atoms with Crippen molar-refractivity contribution in [2.45, 2.75) is 18.2 Å². The second-order valence-corrected chi connectivity index (χ2v) is 12.4. The molecule has 0 spiro atoms. The first-order valence-corrected chi connectivity index (χ1v) is 14.6. The zero-order chi connectivity index (χ0) is 27.6. The number of carbonyl (C=O) groups excluding carboxylic acids is 2. The van der Waals surface area contributed by atoms with Crippen molar-refractivity contribution in [3.05, 3.63) is 86.7 Å². The molecule has 0 saturated heterocycles. The van der Waals surface area contributed by atoms with Gasteiger partial charge in [-0.25, -0.2) is 17.9 Å². The molecule has 198 valence electrons. The van der Waals surface area contributed by atoms with E-state index in [1.54, 1.807) is 32.3 Å². The molecular weight excluding hydrogens is 565 g/mol. The first-order valence-electron chi connectivity index (χ1n) is 11.6. The number of fused-ring (bicyclic) bond motifs is 1. The number of halogens is 2. The van der Waals surface area contributed by atoms with Crippen LogP contribution in [0.15, 0.2) is 65.6 Å². The summed E-state index contributed by atoms with van der Waals surface area (Å²) in [6.45, 7) is 2.07. The fourth-order valence-electron chi connectivity index (χ4n) is 3.86. The normalized spacial score (nSPS) is 11.4. The number of urea groups is 1. The summed E-state index contributed by atoms with van der Waals surface area (Å²) in [6, 6.07) is 16.5. The van der Waals surface area contributed by atoms with Gasteiger partial charge in [0.2, 0.25) is 0 Å². The van der Waals surface area contributed by atoms with Crippen LogP contribution in [0.25, 0.3) is 21.2 Å². The highest BCUT2D eigenvalue weighted by Crippen LogP contribution is 2.43. The molecule has 0 aliphatic heterocycles. The number of benzene rings is 3. The summed E-state index contributed by atoms with van der Waals surface area (Å²) >= 11 is 14.0. The lowest BCUT2D eigenvalue weighted by molar-refractivity contribution is 0.0833. The summed E-state index contributed by atoms with van der Waals surface area (Å²) in [5.74, 6) is -0.131. The van der Waals surface area contributed by atoms with Crippen LogP contribution in [0.2, 0.25) is 10.0 Å². The number of thiophene rings is 1. The van der Waals surface area contributed by atoms with E-state index in [2.05, 4.69) is 5.32 Å². The summed E-state index contributed by atoms with van der Waals surface area (Å²) in [6.07, 6.45) is 0.476. The van der Waals surface area contributed by atoms with Gasteiger partial charge in [0.1, 0.15) is 4.88 Å². The zero-order valence-corrected chi connectivity index (χ0v) is 24.0. The Morgan fingerprint density at radius 1 is 0.974 bits per heavy atom. The van der Waals surface area contributed by atoms with Gasteiger partial charge in [-0.2, -0.15) is 0 Å². The van der Waals surface area contributed by atoms with Gasteiger partial charge in [-0.05, 0) is 48.7 Å². The lowest BCUT2D eigenvalue weighted by atomic mass is 9.99. The number of nitrogens with one attached hydrogen (secondary N) is 2. The van der Waals surface area contributed by atoms with E-state index in [0.717, 1.165) is 32.3 Å². The summed E-state index contributed by atoms with van der Waals surface area (Å²) in [5, 5.41) is 4.35. The van der Waals surface area contributed by atoms with E-state index >= 15 is 0 Å². The minimum atomic E-state index is -3.95. The number of aryl methyl sites for hydroxylation is 1. The average Bonchev–Trinajstić information content (AvgIpc) is 3.23. The van der Waals surface area contributed by atoms with Crippen molar-refractivity contribution in [3.63, 3.8) is 0 Å². The van der Waals surface area contributed by atoms with Crippen molar-refractivity contribution in [3.8, 4) is 11.1 Å². The quantitative estimate of drug-likeness (QED) is 0.271. The van der Waals surface area contributed by atoms with E-state index in [9.17, 15) is 18.0 Å². The predicted octanol–water partition coefficient (Wildman–Crippen LogP) is 6.12. The highest BCUT2D eigenvalue weighted by atomic mass is 35.5. The third-order valence-electron chi connectivity index (χ3n) is 5.81. The molecule has 3 aromatic carbocycles. The second-order valence-electron chi connectivity index (χ2n) is 8.89. The molecule has 0 aliphatic carbocycles. The molecule has 38 heavy (non-hydrogen) atoms. The van der Waals surface area contributed by atoms with Gasteiger partial charge in [-0.1, -0.05) is 65.2 Å². The molecule has 11 heteroatoms. The summed E-state index contributed by atoms with van der Waals surface area (Å²) < 4.78 is 27.6. The van der Waals surface area contributed by atoms with Crippen molar-refractivity contribution < 1.29 is 18.0 Å². The molecule has 4 aromatic rings. The SMILES string of the molecule is Cc1ccc(S(=O)(=O)NC(=O)NCCc2ccc(-c3c(C(=O)N(C)C)sc4c(Cl)cc(Cl)cc34)cc2)cc1.